The van der Waals surface area contributed by atoms with E-state index in [9.17, 15) is 13.2 Å². The van der Waals surface area contributed by atoms with Gasteiger partial charge in [-0.2, -0.15) is 0 Å². The molecule has 8 heteroatoms. The minimum Gasteiger partial charge on any atom is -0.351 e. The molecule has 0 atom stereocenters. The lowest BCUT2D eigenvalue weighted by atomic mass is 9.93. The van der Waals surface area contributed by atoms with Crippen LogP contribution in [0.15, 0.2) is 47.4 Å². The van der Waals surface area contributed by atoms with Crippen LogP contribution in [0.5, 0.6) is 0 Å². The quantitative estimate of drug-likeness (QED) is 0.678. The third-order valence-corrected chi connectivity index (χ3v) is 7.45. The fourth-order valence-corrected chi connectivity index (χ4v) is 5.81. The number of hydrogen-bond acceptors (Lipinski definition) is 4. The Hall–Kier alpha value is -2.09. The number of para-hydroxylation sites is 1. The topological polar surface area (TPSA) is 69.7 Å². The van der Waals surface area contributed by atoms with Gasteiger partial charge in [0.15, 0.2) is 0 Å². The summed E-state index contributed by atoms with van der Waals surface area (Å²) in [5, 5.41) is 3.12. The maximum absolute atomic E-state index is 13.4. The van der Waals surface area contributed by atoms with Crippen molar-refractivity contribution in [2.75, 3.05) is 38.0 Å². The molecule has 6 nitrogen and oxygen atoms in total. The summed E-state index contributed by atoms with van der Waals surface area (Å²) < 4.78 is 28.3. The summed E-state index contributed by atoms with van der Waals surface area (Å²) in [6.45, 7) is 5.76. The van der Waals surface area contributed by atoms with E-state index in [4.69, 9.17) is 11.6 Å². The van der Waals surface area contributed by atoms with Gasteiger partial charge >= 0.3 is 0 Å². The summed E-state index contributed by atoms with van der Waals surface area (Å²) in [5.74, 6) is -0.382. The van der Waals surface area contributed by atoms with Crippen molar-refractivity contribution in [1.82, 2.24) is 10.2 Å². The van der Waals surface area contributed by atoms with Crippen LogP contribution in [-0.4, -0.2) is 53.0 Å². The van der Waals surface area contributed by atoms with Crippen molar-refractivity contribution in [3.63, 3.8) is 0 Å². The molecule has 0 aromatic heterocycles. The summed E-state index contributed by atoms with van der Waals surface area (Å²) >= 11 is 6.26. The summed E-state index contributed by atoms with van der Waals surface area (Å²) in [6.07, 6.45) is 1.59. The molecule has 0 saturated heterocycles. The lowest BCUT2D eigenvalue weighted by Crippen LogP contribution is -2.40. The smallest absolute Gasteiger partial charge is 0.264 e. The lowest BCUT2D eigenvalue weighted by Gasteiger charge is -2.30. The Kier molecular flexibility index (Phi) is 6.98. The molecule has 1 amide bonds. The van der Waals surface area contributed by atoms with Crippen LogP contribution in [0.4, 0.5) is 5.69 Å². The monoisotopic (exact) mass is 463 g/mol. The van der Waals surface area contributed by atoms with E-state index in [-0.39, 0.29) is 26.8 Å². The van der Waals surface area contributed by atoms with E-state index in [1.54, 1.807) is 0 Å². The molecule has 3 rings (SSSR count). The van der Waals surface area contributed by atoms with Gasteiger partial charge in [0.2, 0.25) is 0 Å². The molecule has 2 aromatic carbocycles. The first kappa shape index (κ1) is 23.6. The minimum absolute atomic E-state index is 0.0614. The number of rotatable bonds is 7. The second kappa shape index (κ2) is 9.18. The summed E-state index contributed by atoms with van der Waals surface area (Å²) in [5.41, 5.74) is 1.72. The SMILES string of the molecule is CN(C)CC(C)(C)CNC(=O)c1cc(S(=O)(=O)N2CCCc3ccccc32)ccc1Cl. The van der Waals surface area contributed by atoms with Crippen molar-refractivity contribution >= 4 is 33.2 Å². The van der Waals surface area contributed by atoms with E-state index in [2.05, 4.69) is 24.1 Å². The number of fused-ring (bicyclic) bond motifs is 1. The molecule has 0 aliphatic carbocycles. The predicted octanol–water partition coefficient (Wildman–Crippen LogP) is 3.80. The van der Waals surface area contributed by atoms with E-state index in [0.29, 0.717) is 18.8 Å². The Morgan fingerprint density at radius 2 is 1.90 bits per heavy atom. The third kappa shape index (κ3) is 5.40. The van der Waals surface area contributed by atoms with Crippen molar-refractivity contribution in [1.29, 1.82) is 0 Å². The molecular weight excluding hydrogens is 434 g/mol. The zero-order valence-corrected chi connectivity index (χ0v) is 20.1. The number of carbonyl (C=O) groups is 1. The van der Waals surface area contributed by atoms with Crippen LogP contribution in [-0.2, 0) is 16.4 Å². The Morgan fingerprint density at radius 3 is 2.61 bits per heavy atom. The van der Waals surface area contributed by atoms with Crippen molar-refractivity contribution in [2.24, 2.45) is 5.41 Å². The second-order valence-corrected chi connectivity index (χ2v) is 11.3. The average Bonchev–Trinajstić information content (AvgIpc) is 2.71. The molecule has 0 fully saturated rings. The third-order valence-electron chi connectivity index (χ3n) is 5.31. The molecule has 1 heterocycles. The number of nitrogens with one attached hydrogen (secondary N) is 1. The number of anilines is 1. The first-order chi connectivity index (χ1) is 14.5. The van der Waals surface area contributed by atoms with Gasteiger partial charge in [0, 0.05) is 19.6 Å². The Balaban J connectivity index is 1.86. The van der Waals surface area contributed by atoms with E-state index in [0.717, 1.165) is 24.9 Å². The van der Waals surface area contributed by atoms with Gasteiger partial charge in [-0.25, -0.2) is 8.42 Å². The zero-order chi connectivity index (χ0) is 22.8. The number of hydrogen-bond donors (Lipinski definition) is 1. The van der Waals surface area contributed by atoms with Gasteiger partial charge in [0.25, 0.3) is 15.9 Å². The fourth-order valence-electron chi connectivity index (χ4n) is 4.04. The number of amides is 1. The Morgan fingerprint density at radius 1 is 1.19 bits per heavy atom. The van der Waals surface area contributed by atoms with Crippen molar-refractivity contribution in [3.8, 4) is 0 Å². The molecular formula is C23H30ClN3O3S. The van der Waals surface area contributed by atoms with Crippen LogP contribution in [0.25, 0.3) is 0 Å². The van der Waals surface area contributed by atoms with E-state index >= 15 is 0 Å². The molecule has 2 aromatic rings. The molecule has 31 heavy (non-hydrogen) atoms. The normalized spacial score (nSPS) is 14.5. The Labute approximate surface area is 190 Å². The van der Waals surface area contributed by atoms with Gasteiger partial charge in [-0.3, -0.25) is 9.10 Å². The van der Waals surface area contributed by atoms with Crippen LogP contribution in [0, 0.1) is 5.41 Å². The molecule has 0 unspecified atom stereocenters. The molecule has 0 bridgehead atoms. The summed E-state index contributed by atoms with van der Waals surface area (Å²) in [4.78, 5) is 15.0. The largest absolute Gasteiger partial charge is 0.351 e. The van der Waals surface area contributed by atoms with Crippen molar-refractivity contribution in [3.05, 3.63) is 58.6 Å². The van der Waals surface area contributed by atoms with Crippen molar-refractivity contribution < 1.29 is 13.2 Å². The van der Waals surface area contributed by atoms with E-state index in [1.165, 1.54) is 22.5 Å². The first-order valence-corrected chi connectivity index (χ1v) is 12.2. The fraction of sp³-hybridized carbons (Fsp3) is 0.435. The van der Waals surface area contributed by atoms with E-state index < -0.39 is 10.0 Å². The van der Waals surface area contributed by atoms with Gasteiger partial charge in [0.1, 0.15) is 0 Å². The summed E-state index contributed by atoms with van der Waals surface area (Å²) in [7, 11) is 0.140. The number of halogens is 1. The number of nitrogens with zero attached hydrogens (tertiary/aromatic N) is 2. The van der Waals surface area contributed by atoms with Gasteiger partial charge in [0.05, 0.1) is 21.2 Å². The highest BCUT2D eigenvalue weighted by Crippen LogP contribution is 2.32. The van der Waals surface area contributed by atoms with Gasteiger partial charge < -0.3 is 10.2 Å². The number of sulfonamides is 1. The molecule has 0 saturated carbocycles. The number of aryl methyl sites for hydroxylation is 1. The van der Waals surface area contributed by atoms with E-state index in [1.807, 2.05) is 38.4 Å². The minimum atomic E-state index is -3.82. The number of benzene rings is 2. The molecule has 168 valence electrons. The maximum Gasteiger partial charge on any atom is 0.264 e. The maximum atomic E-state index is 13.4. The highest BCUT2D eigenvalue weighted by atomic mass is 35.5. The first-order valence-electron chi connectivity index (χ1n) is 10.3. The molecule has 0 spiro atoms. The highest BCUT2D eigenvalue weighted by Gasteiger charge is 2.30. The van der Waals surface area contributed by atoms with Crippen LogP contribution < -0.4 is 9.62 Å². The average molecular weight is 464 g/mol. The number of carbonyl (C=O) groups excluding carboxylic acids is 1. The molecule has 1 aliphatic heterocycles. The van der Waals surface area contributed by atoms with Crippen LogP contribution in [0.1, 0.15) is 36.2 Å². The second-order valence-electron chi connectivity index (χ2n) is 9.04. The van der Waals surface area contributed by atoms with Crippen LogP contribution >= 0.6 is 11.6 Å². The van der Waals surface area contributed by atoms with Gasteiger partial charge in [-0.1, -0.05) is 43.6 Å². The van der Waals surface area contributed by atoms with Gasteiger partial charge in [-0.15, -0.1) is 0 Å². The molecule has 1 N–H and O–H groups in total. The summed E-state index contributed by atoms with van der Waals surface area (Å²) in [6, 6.07) is 11.8. The van der Waals surface area contributed by atoms with Crippen molar-refractivity contribution in [2.45, 2.75) is 31.6 Å². The predicted molar refractivity (Wildman–Crippen MR) is 125 cm³/mol. The van der Waals surface area contributed by atoms with Crippen LogP contribution in [0.3, 0.4) is 0 Å². The molecule has 0 radical (unpaired) electrons. The Bertz CT molecular complexity index is 1070. The van der Waals surface area contributed by atoms with Crippen LogP contribution in [0.2, 0.25) is 5.02 Å². The zero-order valence-electron chi connectivity index (χ0n) is 18.5. The lowest BCUT2D eigenvalue weighted by molar-refractivity contribution is 0.0929. The molecule has 1 aliphatic rings. The standard InChI is InChI=1S/C23H30ClN3O3S/c1-23(2,16-26(3)4)15-25-22(28)19-14-18(11-12-20(19)24)31(29,30)27-13-7-9-17-8-5-6-10-21(17)27/h5-6,8,10-12,14H,7,9,13,15-16H2,1-4H3,(H,25,28). The highest BCUT2D eigenvalue weighted by molar-refractivity contribution is 7.92. The van der Waals surface area contributed by atoms with Gasteiger partial charge in [-0.05, 0) is 62.2 Å².